The van der Waals surface area contributed by atoms with E-state index in [1.807, 2.05) is 5.38 Å². The van der Waals surface area contributed by atoms with Gasteiger partial charge in [-0.25, -0.2) is 9.97 Å². The third-order valence-corrected chi connectivity index (χ3v) is 3.75. The maximum Gasteiger partial charge on any atom is 0.273 e. The second kappa shape index (κ2) is 5.46. The Bertz CT molecular complexity index is 596. The SMILES string of the molecule is CNc1ncccc1C(=O)N1CC(Oc2nccs2)C1. The smallest absolute Gasteiger partial charge is 0.273 e. The molecular weight excluding hydrogens is 276 g/mol. The third kappa shape index (κ3) is 2.44. The number of ether oxygens (including phenoxy) is 1. The molecule has 104 valence electrons. The predicted octanol–water partition coefficient (Wildman–Crippen LogP) is 1.48. The van der Waals surface area contributed by atoms with Crippen LogP contribution in [-0.2, 0) is 0 Å². The molecule has 7 heteroatoms. The Morgan fingerprint density at radius 3 is 3.00 bits per heavy atom. The molecule has 2 aromatic heterocycles. The first-order valence-electron chi connectivity index (χ1n) is 6.26. The Labute approximate surface area is 120 Å². The lowest BCUT2D eigenvalue weighted by molar-refractivity contribution is 0.0177. The van der Waals surface area contributed by atoms with Gasteiger partial charge in [-0.1, -0.05) is 11.3 Å². The van der Waals surface area contributed by atoms with Crippen molar-refractivity contribution in [3.63, 3.8) is 0 Å². The molecule has 1 amide bonds. The van der Waals surface area contributed by atoms with Crippen molar-refractivity contribution in [3.05, 3.63) is 35.5 Å². The van der Waals surface area contributed by atoms with E-state index in [1.54, 1.807) is 36.5 Å². The summed E-state index contributed by atoms with van der Waals surface area (Å²) in [4.78, 5) is 22.3. The van der Waals surface area contributed by atoms with E-state index in [9.17, 15) is 4.79 Å². The van der Waals surface area contributed by atoms with Crippen LogP contribution < -0.4 is 10.1 Å². The van der Waals surface area contributed by atoms with E-state index in [0.717, 1.165) is 0 Å². The molecule has 1 fully saturated rings. The average molecular weight is 290 g/mol. The van der Waals surface area contributed by atoms with Crippen LogP contribution in [0.4, 0.5) is 5.82 Å². The second-order valence-corrected chi connectivity index (χ2v) is 5.25. The molecule has 0 radical (unpaired) electrons. The number of amides is 1. The molecule has 3 heterocycles. The van der Waals surface area contributed by atoms with Crippen molar-refractivity contribution in [3.8, 4) is 5.19 Å². The molecule has 6 nitrogen and oxygen atoms in total. The zero-order valence-corrected chi connectivity index (χ0v) is 11.8. The second-order valence-electron chi connectivity index (χ2n) is 4.40. The molecule has 0 saturated carbocycles. The summed E-state index contributed by atoms with van der Waals surface area (Å²) in [5.41, 5.74) is 0.586. The molecule has 1 aliphatic heterocycles. The molecule has 0 aromatic carbocycles. The zero-order chi connectivity index (χ0) is 13.9. The molecule has 0 aliphatic carbocycles. The third-order valence-electron chi connectivity index (χ3n) is 3.09. The lowest BCUT2D eigenvalue weighted by Crippen LogP contribution is -2.56. The summed E-state index contributed by atoms with van der Waals surface area (Å²) in [5, 5.41) is 5.45. The van der Waals surface area contributed by atoms with Gasteiger partial charge in [0.05, 0.1) is 18.7 Å². The van der Waals surface area contributed by atoms with Gasteiger partial charge in [0.25, 0.3) is 11.1 Å². The van der Waals surface area contributed by atoms with Gasteiger partial charge in [-0.2, -0.15) is 0 Å². The largest absolute Gasteiger partial charge is 0.463 e. The molecule has 20 heavy (non-hydrogen) atoms. The van der Waals surface area contributed by atoms with Crippen molar-refractivity contribution >= 4 is 23.1 Å². The number of rotatable bonds is 4. The van der Waals surface area contributed by atoms with Crippen molar-refractivity contribution in [2.45, 2.75) is 6.10 Å². The van der Waals surface area contributed by atoms with Crippen LogP contribution in [0.2, 0.25) is 0 Å². The van der Waals surface area contributed by atoms with Crippen LogP contribution in [0.15, 0.2) is 29.9 Å². The van der Waals surface area contributed by atoms with E-state index in [4.69, 9.17) is 4.74 Å². The number of carbonyl (C=O) groups excluding carboxylic acids is 1. The monoisotopic (exact) mass is 290 g/mol. The van der Waals surface area contributed by atoms with Crippen molar-refractivity contribution < 1.29 is 9.53 Å². The number of nitrogens with zero attached hydrogens (tertiary/aromatic N) is 3. The van der Waals surface area contributed by atoms with Crippen molar-refractivity contribution in [2.75, 3.05) is 25.5 Å². The lowest BCUT2D eigenvalue weighted by Gasteiger charge is -2.38. The molecule has 1 aliphatic rings. The van der Waals surface area contributed by atoms with Crippen LogP contribution in [0.1, 0.15) is 10.4 Å². The molecule has 1 saturated heterocycles. The number of carbonyl (C=O) groups is 1. The highest BCUT2D eigenvalue weighted by Gasteiger charge is 2.34. The van der Waals surface area contributed by atoms with E-state index in [1.165, 1.54) is 11.3 Å². The fourth-order valence-corrected chi connectivity index (χ4v) is 2.59. The Hall–Kier alpha value is -2.15. The van der Waals surface area contributed by atoms with E-state index in [0.29, 0.717) is 29.7 Å². The summed E-state index contributed by atoms with van der Waals surface area (Å²) >= 11 is 1.46. The summed E-state index contributed by atoms with van der Waals surface area (Å²) in [6.07, 6.45) is 3.39. The fourth-order valence-electron chi connectivity index (χ4n) is 2.04. The minimum atomic E-state index is -0.0264. The fraction of sp³-hybridized carbons (Fsp3) is 0.308. The molecule has 0 unspecified atom stereocenters. The van der Waals surface area contributed by atoms with Gasteiger partial charge in [0.15, 0.2) is 0 Å². The van der Waals surface area contributed by atoms with Gasteiger partial charge in [0.1, 0.15) is 11.9 Å². The van der Waals surface area contributed by atoms with Crippen LogP contribution in [-0.4, -0.2) is 47.0 Å². The number of aromatic nitrogens is 2. The molecular formula is C13H14N4O2S. The molecule has 2 aromatic rings. The zero-order valence-electron chi connectivity index (χ0n) is 10.9. The van der Waals surface area contributed by atoms with Crippen molar-refractivity contribution in [1.82, 2.24) is 14.9 Å². The maximum atomic E-state index is 12.3. The van der Waals surface area contributed by atoms with E-state index in [2.05, 4.69) is 15.3 Å². The quantitative estimate of drug-likeness (QED) is 0.924. The average Bonchev–Trinajstić information content (AvgIpc) is 2.94. The maximum absolute atomic E-state index is 12.3. The van der Waals surface area contributed by atoms with E-state index < -0.39 is 0 Å². The number of pyridine rings is 1. The van der Waals surface area contributed by atoms with E-state index in [-0.39, 0.29) is 12.0 Å². The standard InChI is InChI=1S/C13H14N4O2S/c1-14-11-10(3-2-4-15-11)12(18)17-7-9(8-17)19-13-16-5-6-20-13/h2-6,9H,7-8H2,1H3,(H,14,15). The van der Waals surface area contributed by atoms with Gasteiger partial charge < -0.3 is 15.0 Å². The van der Waals surface area contributed by atoms with Gasteiger partial charge >= 0.3 is 0 Å². The number of anilines is 1. The van der Waals surface area contributed by atoms with E-state index >= 15 is 0 Å². The van der Waals surface area contributed by atoms with Crippen molar-refractivity contribution in [2.24, 2.45) is 0 Å². The summed E-state index contributed by atoms with van der Waals surface area (Å²) in [7, 11) is 1.75. The van der Waals surface area contributed by atoms with Crippen LogP contribution in [0.3, 0.4) is 0 Å². The molecule has 0 spiro atoms. The van der Waals surface area contributed by atoms with Crippen molar-refractivity contribution in [1.29, 1.82) is 0 Å². The number of hydrogen-bond donors (Lipinski definition) is 1. The van der Waals surface area contributed by atoms with Gasteiger partial charge in [0.2, 0.25) is 0 Å². The van der Waals surface area contributed by atoms with Gasteiger partial charge in [-0.3, -0.25) is 4.79 Å². The number of hydrogen-bond acceptors (Lipinski definition) is 6. The Morgan fingerprint density at radius 2 is 2.30 bits per heavy atom. The normalized spacial score (nSPS) is 14.8. The van der Waals surface area contributed by atoms with Gasteiger partial charge in [-0.15, -0.1) is 0 Å². The first kappa shape index (κ1) is 12.9. The Kier molecular flexibility index (Phi) is 3.51. The topological polar surface area (TPSA) is 67.4 Å². The number of thiazole rings is 1. The van der Waals surface area contributed by atoms with Crippen LogP contribution in [0, 0.1) is 0 Å². The highest BCUT2D eigenvalue weighted by atomic mass is 32.1. The Balaban J connectivity index is 1.60. The minimum Gasteiger partial charge on any atom is -0.463 e. The first-order valence-corrected chi connectivity index (χ1v) is 7.14. The number of likely N-dealkylation sites (tertiary alicyclic amines) is 1. The lowest BCUT2D eigenvalue weighted by atomic mass is 10.1. The number of nitrogens with one attached hydrogen (secondary N) is 1. The summed E-state index contributed by atoms with van der Waals surface area (Å²) in [6.45, 7) is 1.16. The van der Waals surface area contributed by atoms with Crippen LogP contribution >= 0.6 is 11.3 Å². The highest BCUT2D eigenvalue weighted by molar-refractivity contribution is 7.11. The molecule has 0 atom stereocenters. The Morgan fingerprint density at radius 1 is 1.45 bits per heavy atom. The highest BCUT2D eigenvalue weighted by Crippen LogP contribution is 2.22. The van der Waals surface area contributed by atoms with Crippen LogP contribution in [0.25, 0.3) is 0 Å². The minimum absolute atomic E-state index is 0.0264. The van der Waals surface area contributed by atoms with Crippen LogP contribution in [0.5, 0.6) is 5.19 Å². The molecule has 0 bridgehead atoms. The predicted molar refractivity (Wildman–Crippen MR) is 76.2 cm³/mol. The molecule has 3 rings (SSSR count). The summed E-state index contributed by atoms with van der Waals surface area (Å²) in [6, 6.07) is 3.54. The van der Waals surface area contributed by atoms with Gasteiger partial charge in [-0.05, 0) is 12.1 Å². The summed E-state index contributed by atoms with van der Waals surface area (Å²) in [5.74, 6) is 0.572. The summed E-state index contributed by atoms with van der Waals surface area (Å²) < 4.78 is 5.65. The van der Waals surface area contributed by atoms with Gasteiger partial charge in [0, 0.05) is 24.8 Å². The first-order chi connectivity index (χ1) is 9.78. The molecule has 1 N–H and O–H groups in total.